The number of nitrogens with zero attached hydrogens (tertiary/aromatic N) is 1. The molecular formula is C22H14F5NO2. The van der Waals surface area contributed by atoms with Crippen LogP contribution in [0.15, 0.2) is 71.7 Å². The van der Waals surface area contributed by atoms with Crippen LogP contribution in [0.5, 0.6) is 5.75 Å². The van der Waals surface area contributed by atoms with Gasteiger partial charge in [-0.15, -0.1) is 13.2 Å². The number of benzene rings is 3. The summed E-state index contributed by atoms with van der Waals surface area (Å²) in [5.41, 5.74) is 1.97. The van der Waals surface area contributed by atoms with Crippen LogP contribution in [0.3, 0.4) is 0 Å². The summed E-state index contributed by atoms with van der Waals surface area (Å²) in [4.78, 5) is 4.29. The van der Waals surface area contributed by atoms with Gasteiger partial charge in [0.1, 0.15) is 35.6 Å². The monoisotopic (exact) mass is 419 g/mol. The summed E-state index contributed by atoms with van der Waals surface area (Å²) in [6, 6.07) is 15.8. The third-order valence-corrected chi connectivity index (χ3v) is 4.54. The van der Waals surface area contributed by atoms with Crippen LogP contribution >= 0.6 is 0 Å². The van der Waals surface area contributed by atoms with Crippen LogP contribution in [0.25, 0.3) is 11.1 Å². The third-order valence-electron chi connectivity index (χ3n) is 4.54. The summed E-state index contributed by atoms with van der Waals surface area (Å²) in [6.45, 7) is 0.145. The quantitative estimate of drug-likeness (QED) is 0.482. The molecule has 3 aromatic rings. The zero-order chi connectivity index (χ0) is 21.3. The molecule has 0 saturated carbocycles. The van der Waals surface area contributed by atoms with Crippen LogP contribution in [-0.4, -0.2) is 18.9 Å². The van der Waals surface area contributed by atoms with E-state index < -0.39 is 24.0 Å². The van der Waals surface area contributed by atoms with E-state index in [4.69, 9.17) is 4.74 Å². The van der Waals surface area contributed by atoms with Crippen molar-refractivity contribution in [2.24, 2.45) is 4.99 Å². The van der Waals surface area contributed by atoms with Gasteiger partial charge in [-0.3, -0.25) is 0 Å². The predicted octanol–water partition coefficient (Wildman–Crippen LogP) is 6.05. The Morgan fingerprint density at radius 1 is 0.833 bits per heavy atom. The first-order valence-electron chi connectivity index (χ1n) is 8.91. The van der Waals surface area contributed by atoms with E-state index in [1.165, 1.54) is 30.3 Å². The van der Waals surface area contributed by atoms with Gasteiger partial charge < -0.3 is 9.47 Å². The van der Waals surface area contributed by atoms with E-state index in [1.54, 1.807) is 24.3 Å². The molecule has 0 bridgehead atoms. The van der Waals surface area contributed by atoms with Gasteiger partial charge in [-0.25, -0.2) is 13.8 Å². The van der Waals surface area contributed by atoms with Crippen LogP contribution in [0, 0.1) is 11.6 Å². The number of ether oxygens (including phenoxy) is 2. The maximum absolute atomic E-state index is 13.9. The minimum atomic E-state index is -4.74. The largest absolute Gasteiger partial charge is 0.573 e. The fraction of sp³-hybridized carbons (Fsp3) is 0.136. The Hall–Kier alpha value is -3.42. The average Bonchev–Trinajstić information content (AvgIpc) is 3.17. The van der Waals surface area contributed by atoms with Crippen molar-refractivity contribution in [3.63, 3.8) is 0 Å². The molecule has 8 heteroatoms. The molecule has 3 aromatic carbocycles. The number of alkyl halides is 3. The predicted molar refractivity (Wildman–Crippen MR) is 100 cm³/mol. The lowest BCUT2D eigenvalue weighted by atomic mass is 10.0. The van der Waals surface area contributed by atoms with E-state index in [-0.39, 0.29) is 23.8 Å². The standard InChI is InChI=1S/C22H14F5NO2/c23-17-2-1-3-18(24)20(17)21-28-19(12-29-21)15-6-4-13(5-7-15)14-8-10-16(11-9-14)30-22(25,26)27/h1-11,19H,12H2/t19-/m0/s1. The van der Waals surface area contributed by atoms with Gasteiger partial charge in [0, 0.05) is 0 Å². The molecule has 1 atom stereocenters. The molecule has 0 saturated heterocycles. The first kappa shape index (κ1) is 19.9. The van der Waals surface area contributed by atoms with Gasteiger partial charge >= 0.3 is 6.36 Å². The van der Waals surface area contributed by atoms with Crippen LogP contribution < -0.4 is 4.74 Å². The lowest BCUT2D eigenvalue weighted by Crippen LogP contribution is -2.16. The molecular weight excluding hydrogens is 405 g/mol. The summed E-state index contributed by atoms with van der Waals surface area (Å²) in [5, 5.41) is 0. The molecule has 30 heavy (non-hydrogen) atoms. The first-order chi connectivity index (χ1) is 14.3. The van der Waals surface area contributed by atoms with Crippen molar-refractivity contribution >= 4 is 5.90 Å². The number of halogens is 5. The zero-order valence-corrected chi connectivity index (χ0v) is 15.3. The maximum Gasteiger partial charge on any atom is 0.573 e. The van der Waals surface area contributed by atoms with Crippen molar-refractivity contribution in [2.45, 2.75) is 12.4 Å². The molecule has 0 fully saturated rings. The fourth-order valence-corrected chi connectivity index (χ4v) is 3.13. The second-order valence-corrected chi connectivity index (χ2v) is 6.55. The first-order valence-corrected chi connectivity index (χ1v) is 8.91. The SMILES string of the molecule is Fc1cccc(F)c1C1=N[C@H](c2ccc(-c3ccc(OC(F)(F)F)cc3)cc2)CO1. The minimum Gasteiger partial charge on any atom is -0.475 e. The normalized spacial score (nSPS) is 16.2. The Labute approximate surface area is 168 Å². The van der Waals surface area contributed by atoms with Gasteiger partial charge in [0.2, 0.25) is 5.90 Å². The molecule has 0 amide bonds. The van der Waals surface area contributed by atoms with E-state index in [2.05, 4.69) is 9.73 Å². The molecule has 0 N–H and O–H groups in total. The van der Waals surface area contributed by atoms with Crippen LogP contribution in [0.1, 0.15) is 17.2 Å². The fourth-order valence-electron chi connectivity index (χ4n) is 3.13. The van der Waals surface area contributed by atoms with Gasteiger partial charge in [-0.2, -0.15) is 0 Å². The topological polar surface area (TPSA) is 30.8 Å². The van der Waals surface area contributed by atoms with Crippen molar-refractivity contribution in [1.29, 1.82) is 0 Å². The van der Waals surface area contributed by atoms with E-state index in [1.807, 2.05) is 0 Å². The summed E-state index contributed by atoms with van der Waals surface area (Å²) < 4.78 is 73.9. The van der Waals surface area contributed by atoms with E-state index in [9.17, 15) is 22.0 Å². The Balaban J connectivity index is 1.51. The van der Waals surface area contributed by atoms with Gasteiger partial charge in [0.15, 0.2) is 0 Å². The Morgan fingerprint density at radius 2 is 1.40 bits per heavy atom. The second kappa shape index (κ2) is 7.78. The zero-order valence-electron chi connectivity index (χ0n) is 15.3. The molecule has 154 valence electrons. The highest BCUT2D eigenvalue weighted by molar-refractivity contribution is 5.95. The third kappa shape index (κ3) is 4.27. The molecule has 0 aliphatic carbocycles. The van der Waals surface area contributed by atoms with Gasteiger partial charge in [0.25, 0.3) is 0 Å². The average molecular weight is 419 g/mol. The molecule has 1 heterocycles. The van der Waals surface area contributed by atoms with Gasteiger partial charge in [-0.1, -0.05) is 42.5 Å². The summed E-state index contributed by atoms with van der Waals surface area (Å²) in [7, 11) is 0. The molecule has 3 nitrogen and oxygen atoms in total. The van der Waals surface area contributed by atoms with Gasteiger partial charge in [-0.05, 0) is 41.0 Å². The lowest BCUT2D eigenvalue weighted by Gasteiger charge is -2.10. The Morgan fingerprint density at radius 3 is 1.97 bits per heavy atom. The second-order valence-electron chi connectivity index (χ2n) is 6.55. The summed E-state index contributed by atoms with van der Waals surface area (Å²) in [5.74, 6) is -1.88. The summed E-state index contributed by atoms with van der Waals surface area (Å²) in [6.07, 6.45) is -4.74. The maximum atomic E-state index is 13.9. The number of hydrogen-bond acceptors (Lipinski definition) is 3. The molecule has 0 unspecified atom stereocenters. The lowest BCUT2D eigenvalue weighted by molar-refractivity contribution is -0.274. The number of rotatable bonds is 4. The highest BCUT2D eigenvalue weighted by atomic mass is 19.4. The minimum absolute atomic E-state index is 0.0834. The number of aliphatic imine (C=N–C) groups is 1. The molecule has 1 aliphatic rings. The molecule has 1 aliphatic heterocycles. The van der Waals surface area contributed by atoms with Crippen molar-refractivity contribution in [3.05, 3.63) is 89.5 Å². The van der Waals surface area contributed by atoms with E-state index in [0.29, 0.717) is 5.56 Å². The van der Waals surface area contributed by atoms with Crippen molar-refractivity contribution in [1.82, 2.24) is 0 Å². The van der Waals surface area contributed by atoms with E-state index >= 15 is 0 Å². The van der Waals surface area contributed by atoms with Crippen molar-refractivity contribution in [2.75, 3.05) is 6.61 Å². The van der Waals surface area contributed by atoms with Crippen LogP contribution in [0.2, 0.25) is 0 Å². The number of hydrogen-bond donors (Lipinski definition) is 0. The van der Waals surface area contributed by atoms with Crippen molar-refractivity contribution < 1.29 is 31.4 Å². The van der Waals surface area contributed by atoms with Crippen molar-refractivity contribution in [3.8, 4) is 16.9 Å². The smallest absolute Gasteiger partial charge is 0.475 e. The molecule has 4 rings (SSSR count). The molecule has 0 spiro atoms. The Bertz CT molecular complexity index is 1060. The molecule has 0 aromatic heterocycles. The highest BCUT2D eigenvalue weighted by Crippen LogP contribution is 2.30. The Kier molecular flexibility index (Phi) is 5.15. The molecule has 0 radical (unpaired) electrons. The van der Waals surface area contributed by atoms with Gasteiger partial charge in [0.05, 0.1) is 0 Å². The van der Waals surface area contributed by atoms with Crippen LogP contribution in [0.4, 0.5) is 22.0 Å². The summed E-state index contributed by atoms with van der Waals surface area (Å²) >= 11 is 0. The highest BCUT2D eigenvalue weighted by Gasteiger charge is 2.31. The van der Waals surface area contributed by atoms with Crippen LogP contribution in [-0.2, 0) is 4.74 Å². The van der Waals surface area contributed by atoms with E-state index in [0.717, 1.165) is 23.3 Å².